The molecule has 100 valence electrons. The second-order valence-electron chi connectivity index (χ2n) is 5.19. The summed E-state index contributed by atoms with van der Waals surface area (Å²) in [5, 5.41) is 0.742. The molecule has 0 N–H and O–H groups in total. The van der Waals surface area contributed by atoms with E-state index in [1.54, 1.807) is 6.33 Å². The summed E-state index contributed by atoms with van der Waals surface area (Å²) < 4.78 is 2.28. The van der Waals surface area contributed by atoms with Gasteiger partial charge in [0, 0.05) is 17.3 Å². The summed E-state index contributed by atoms with van der Waals surface area (Å²) in [6.45, 7) is 1.99. The number of rotatable bonds is 2. The predicted octanol–water partition coefficient (Wildman–Crippen LogP) is 3.79. The van der Waals surface area contributed by atoms with E-state index in [9.17, 15) is 0 Å². The molecule has 1 aliphatic rings. The molecular weight excluding hydrogens is 272 g/mol. The Morgan fingerprint density at radius 3 is 2.90 bits per heavy atom. The zero-order valence-corrected chi connectivity index (χ0v) is 11.8. The first kappa shape index (κ1) is 11.9. The molecule has 2 heterocycles. The fourth-order valence-electron chi connectivity index (χ4n) is 2.57. The Morgan fingerprint density at radius 2 is 2.15 bits per heavy atom. The van der Waals surface area contributed by atoms with Crippen molar-refractivity contribution in [2.45, 2.75) is 25.8 Å². The zero-order chi connectivity index (χ0) is 13.7. The topological polar surface area (TPSA) is 43.6 Å². The van der Waals surface area contributed by atoms with Gasteiger partial charge in [-0.1, -0.05) is 11.6 Å². The highest BCUT2D eigenvalue weighted by atomic mass is 35.5. The molecule has 3 aromatic rings. The number of nitrogens with zero attached hydrogens (tertiary/aromatic N) is 4. The normalized spacial score (nSPS) is 14.9. The van der Waals surface area contributed by atoms with Gasteiger partial charge >= 0.3 is 0 Å². The number of benzene rings is 1. The van der Waals surface area contributed by atoms with Gasteiger partial charge in [0.1, 0.15) is 12.2 Å². The molecule has 20 heavy (non-hydrogen) atoms. The van der Waals surface area contributed by atoms with Crippen LogP contribution < -0.4 is 0 Å². The second kappa shape index (κ2) is 4.28. The van der Waals surface area contributed by atoms with Gasteiger partial charge in [0.25, 0.3) is 0 Å². The van der Waals surface area contributed by atoms with Crippen molar-refractivity contribution in [3.63, 3.8) is 0 Å². The third-order valence-electron chi connectivity index (χ3n) is 3.72. The molecule has 0 unspecified atom stereocenters. The molecule has 1 saturated carbocycles. The lowest BCUT2D eigenvalue weighted by atomic mass is 10.2. The van der Waals surface area contributed by atoms with Crippen LogP contribution in [0, 0.1) is 6.92 Å². The predicted molar refractivity (Wildman–Crippen MR) is 78.8 cm³/mol. The Balaban J connectivity index is 2.04. The Kier molecular flexibility index (Phi) is 2.54. The number of hydrogen-bond acceptors (Lipinski definition) is 3. The molecule has 0 bridgehead atoms. The molecule has 0 radical (unpaired) electrons. The van der Waals surface area contributed by atoms with Crippen molar-refractivity contribution in [1.29, 1.82) is 0 Å². The molecule has 1 fully saturated rings. The highest BCUT2D eigenvalue weighted by Gasteiger charge is 2.29. The van der Waals surface area contributed by atoms with Crippen molar-refractivity contribution in [3.8, 4) is 11.4 Å². The summed E-state index contributed by atoms with van der Waals surface area (Å²) in [6.07, 6.45) is 5.79. The van der Waals surface area contributed by atoms with Gasteiger partial charge in [0.05, 0.1) is 22.3 Å². The van der Waals surface area contributed by atoms with Gasteiger partial charge in [-0.15, -0.1) is 0 Å². The minimum absolute atomic E-state index is 0.521. The van der Waals surface area contributed by atoms with Gasteiger partial charge in [-0.25, -0.2) is 15.0 Å². The highest BCUT2D eigenvalue weighted by molar-refractivity contribution is 6.31. The number of halogens is 1. The summed E-state index contributed by atoms with van der Waals surface area (Å²) in [6, 6.07) is 6.36. The van der Waals surface area contributed by atoms with Crippen molar-refractivity contribution in [3.05, 3.63) is 41.4 Å². The van der Waals surface area contributed by atoms with Crippen LogP contribution >= 0.6 is 11.6 Å². The average Bonchev–Trinajstić information content (AvgIpc) is 3.20. The third-order valence-corrected chi connectivity index (χ3v) is 3.95. The first-order chi connectivity index (χ1) is 9.74. The number of aryl methyl sites for hydroxylation is 1. The van der Waals surface area contributed by atoms with Crippen LogP contribution in [0.2, 0.25) is 5.02 Å². The lowest BCUT2D eigenvalue weighted by Crippen LogP contribution is -2.00. The van der Waals surface area contributed by atoms with Crippen LogP contribution in [0.1, 0.15) is 24.6 Å². The molecule has 4 rings (SSSR count). The van der Waals surface area contributed by atoms with Gasteiger partial charge in [-0.3, -0.25) is 0 Å². The van der Waals surface area contributed by atoms with Crippen LogP contribution in [0.3, 0.4) is 0 Å². The van der Waals surface area contributed by atoms with Gasteiger partial charge in [0.15, 0.2) is 0 Å². The Hall–Kier alpha value is -1.94. The van der Waals surface area contributed by atoms with Crippen LogP contribution in [-0.4, -0.2) is 19.5 Å². The van der Waals surface area contributed by atoms with Gasteiger partial charge < -0.3 is 4.57 Å². The Morgan fingerprint density at radius 1 is 1.30 bits per heavy atom. The summed E-state index contributed by atoms with van der Waals surface area (Å²) in [5.74, 6) is 0.947. The number of aromatic nitrogens is 4. The van der Waals surface area contributed by atoms with Crippen LogP contribution in [0.15, 0.2) is 30.7 Å². The lowest BCUT2D eigenvalue weighted by molar-refractivity contribution is 0.773. The van der Waals surface area contributed by atoms with Crippen molar-refractivity contribution in [2.75, 3.05) is 0 Å². The van der Waals surface area contributed by atoms with E-state index in [-0.39, 0.29) is 0 Å². The zero-order valence-electron chi connectivity index (χ0n) is 11.0. The van der Waals surface area contributed by atoms with Crippen molar-refractivity contribution in [1.82, 2.24) is 19.5 Å². The van der Waals surface area contributed by atoms with Crippen LogP contribution in [0.4, 0.5) is 0 Å². The van der Waals surface area contributed by atoms with Crippen molar-refractivity contribution in [2.24, 2.45) is 0 Å². The molecule has 0 spiro atoms. The number of fused-ring (bicyclic) bond motifs is 1. The number of imidazole rings is 1. The molecule has 4 nitrogen and oxygen atoms in total. The summed E-state index contributed by atoms with van der Waals surface area (Å²) in [4.78, 5) is 13.2. The lowest BCUT2D eigenvalue weighted by Gasteiger charge is -2.08. The third kappa shape index (κ3) is 1.79. The van der Waals surface area contributed by atoms with Gasteiger partial charge in [0.2, 0.25) is 0 Å². The van der Waals surface area contributed by atoms with E-state index in [2.05, 4.69) is 14.5 Å². The molecular formula is C15H13ClN4. The fraction of sp³-hybridized carbons (Fsp3) is 0.267. The van der Waals surface area contributed by atoms with Gasteiger partial charge in [-0.05, 0) is 38.0 Å². The van der Waals surface area contributed by atoms with E-state index >= 15 is 0 Å². The highest BCUT2D eigenvalue weighted by Crippen LogP contribution is 2.41. The van der Waals surface area contributed by atoms with Gasteiger partial charge in [-0.2, -0.15) is 0 Å². The van der Waals surface area contributed by atoms with E-state index in [1.807, 2.05) is 31.3 Å². The summed E-state index contributed by atoms with van der Waals surface area (Å²) in [7, 11) is 0. The summed E-state index contributed by atoms with van der Waals surface area (Å²) >= 11 is 6.14. The molecule has 1 aromatic carbocycles. The first-order valence-corrected chi connectivity index (χ1v) is 7.06. The average molecular weight is 285 g/mol. The number of hydrogen-bond donors (Lipinski definition) is 0. The van der Waals surface area contributed by atoms with E-state index in [0.717, 1.165) is 33.1 Å². The first-order valence-electron chi connectivity index (χ1n) is 6.68. The SMILES string of the molecule is Cc1ncncc1-c1nc2ccc(Cl)cc2n1C1CC1. The van der Waals surface area contributed by atoms with Crippen molar-refractivity contribution < 1.29 is 0 Å². The second-order valence-corrected chi connectivity index (χ2v) is 5.63. The van der Waals surface area contributed by atoms with E-state index in [4.69, 9.17) is 16.6 Å². The summed E-state index contributed by atoms with van der Waals surface area (Å²) in [5.41, 5.74) is 4.01. The van der Waals surface area contributed by atoms with Crippen LogP contribution in [0.5, 0.6) is 0 Å². The van der Waals surface area contributed by atoms with E-state index in [1.165, 1.54) is 12.8 Å². The minimum Gasteiger partial charge on any atom is -0.321 e. The molecule has 0 atom stereocenters. The molecule has 0 aliphatic heterocycles. The smallest absolute Gasteiger partial charge is 0.144 e. The van der Waals surface area contributed by atoms with Crippen molar-refractivity contribution >= 4 is 22.6 Å². The molecule has 5 heteroatoms. The molecule has 1 aliphatic carbocycles. The molecule has 0 saturated heterocycles. The Bertz CT molecular complexity index is 805. The fourth-order valence-corrected chi connectivity index (χ4v) is 2.74. The van der Waals surface area contributed by atoms with E-state index < -0.39 is 0 Å². The standard InChI is InChI=1S/C15H13ClN4/c1-9-12(7-17-8-18-9)15-19-13-5-2-10(16)6-14(13)20(15)11-3-4-11/h2,5-8,11H,3-4H2,1H3. The largest absolute Gasteiger partial charge is 0.321 e. The molecule has 2 aromatic heterocycles. The van der Waals surface area contributed by atoms with Crippen LogP contribution in [0.25, 0.3) is 22.4 Å². The minimum atomic E-state index is 0.521. The molecule has 0 amide bonds. The Labute approximate surface area is 121 Å². The van der Waals surface area contributed by atoms with E-state index in [0.29, 0.717) is 6.04 Å². The maximum Gasteiger partial charge on any atom is 0.144 e. The quantitative estimate of drug-likeness (QED) is 0.719. The monoisotopic (exact) mass is 284 g/mol. The maximum absolute atomic E-state index is 6.14. The maximum atomic E-state index is 6.14. The van der Waals surface area contributed by atoms with Crippen LogP contribution in [-0.2, 0) is 0 Å².